The van der Waals surface area contributed by atoms with Crippen molar-refractivity contribution in [3.05, 3.63) is 89.2 Å². The van der Waals surface area contributed by atoms with Crippen molar-refractivity contribution in [3.63, 3.8) is 0 Å². The van der Waals surface area contributed by atoms with Crippen molar-refractivity contribution in [1.82, 2.24) is 4.90 Å². The van der Waals surface area contributed by atoms with Crippen molar-refractivity contribution >= 4 is 11.6 Å². The van der Waals surface area contributed by atoms with Gasteiger partial charge in [0, 0.05) is 6.54 Å². The van der Waals surface area contributed by atoms with E-state index in [2.05, 4.69) is 22.3 Å². The number of benzene rings is 3. The van der Waals surface area contributed by atoms with Gasteiger partial charge < -0.3 is 14.8 Å². The van der Waals surface area contributed by atoms with Gasteiger partial charge in [0.25, 0.3) is 0 Å². The highest BCUT2D eigenvalue weighted by Crippen LogP contribution is 2.40. The number of rotatable bonds is 6. The van der Waals surface area contributed by atoms with Gasteiger partial charge in [0.1, 0.15) is 5.82 Å². The van der Waals surface area contributed by atoms with Gasteiger partial charge >= 0.3 is 0 Å². The van der Waals surface area contributed by atoms with Crippen LogP contribution in [0.4, 0.5) is 10.1 Å². The third kappa shape index (κ3) is 4.39. The van der Waals surface area contributed by atoms with Gasteiger partial charge in [0.2, 0.25) is 5.91 Å². The molecule has 31 heavy (non-hydrogen) atoms. The largest absolute Gasteiger partial charge is 0.493 e. The van der Waals surface area contributed by atoms with Gasteiger partial charge in [-0.05, 0) is 47.4 Å². The molecule has 1 aliphatic heterocycles. The fraction of sp³-hybridized carbons (Fsp3) is 0.240. The molecule has 0 aliphatic carbocycles. The van der Waals surface area contributed by atoms with E-state index in [-0.39, 0.29) is 24.2 Å². The molecular weight excluding hydrogens is 395 g/mol. The van der Waals surface area contributed by atoms with Crippen molar-refractivity contribution in [3.8, 4) is 11.5 Å². The van der Waals surface area contributed by atoms with Crippen molar-refractivity contribution in [2.75, 3.05) is 32.6 Å². The van der Waals surface area contributed by atoms with E-state index in [1.54, 1.807) is 32.4 Å². The first-order chi connectivity index (χ1) is 15.1. The van der Waals surface area contributed by atoms with Gasteiger partial charge in [0.15, 0.2) is 11.5 Å². The number of ether oxygens (including phenoxy) is 2. The summed E-state index contributed by atoms with van der Waals surface area (Å²) in [6, 6.07) is 20.1. The van der Waals surface area contributed by atoms with E-state index in [4.69, 9.17) is 9.47 Å². The highest BCUT2D eigenvalue weighted by molar-refractivity contribution is 5.92. The van der Waals surface area contributed by atoms with Crippen LogP contribution in [0.1, 0.15) is 22.7 Å². The quantitative estimate of drug-likeness (QED) is 0.641. The second kappa shape index (κ2) is 9.18. The summed E-state index contributed by atoms with van der Waals surface area (Å²) >= 11 is 0. The molecule has 0 unspecified atom stereocenters. The first-order valence-corrected chi connectivity index (χ1v) is 10.2. The number of methoxy groups -OCH3 is 2. The Bertz CT molecular complexity index is 1070. The summed E-state index contributed by atoms with van der Waals surface area (Å²) in [6.45, 7) is 0.828. The molecular formula is C25H25FN2O3. The average Bonchev–Trinajstić information content (AvgIpc) is 2.80. The summed E-state index contributed by atoms with van der Waals surface area (Å²) in [4.78, 5) is 14.9. The number of carbonyl (C=O) groups excluding carboxylic acids is 1. The van der Waals surface area contributed by atoms with E-state index < -0.39 is 5.82 Å². The number of para-hydroxylation sites is 1. The minimum absolute atomic E-state index is 0.129. The molecule has 0 radical (unpaired) electrons. The van der Waals surface area contributed by atoms with Gasteiger partial charge in [-0.3, -0.25) is 9.69 Å². The van der Waals surface area contributed by atoms with E-state index in [0.29, 0.717) is 18.0 Å². The molecule has 1 amide bonds. The summed E-state index contributed by atoms with van der Waals surface area (Å²) in [5.41, 5.74) is 3.51. The van der Waals surface area contributed by atoms with Crippen LogP contribution in [-0.4, -0.2) is 38.1 Å². The zero-order chi connectivity index (χ0) is 21.8. The minimum Gasteiger partial charge on any atom is -0.493 e. The summed E-state index contributed by atoms with van der Waals surface area (Å²) in [5.74, 6) is 0.643. The van der Waals surface area contributed by atoms with Gasteiger partial charge in [-0.15, -0.1) is 0 Å². The molecule has 3 aromatic rings. The fourth-order valence-electron chi connectivity index (χ4n) is 4.13. The zero-order valence-electron chi connectivity index (χ0n) is 17.6. The van der Waals surface area contributed by atoms with Crippen LogP contribution in [0.2, 0.25) is 0 Å². The Balaban J connectivity index is 1.66. The standard InChI is InChI=1S/C25H25FN2O3/c1-30-22-14-18-12-13-28(16-24(29)27-21-11-7-6-10-20(21)26)25(17-8-4-3-5-9-17)19(18)15-23(22)31-2/h3-11,14-15,25H,12-13,16H2,1-2H3,(H,27,29)/t25-/m1/s1. The van der Waals surface area contributed by atoms with Crippen molar-refractivity contribution < 1.29 is 18.7 Å². The molecule has 0 saturated carbocycles. The predicted octanol–water partition coefficient (Wildman–Crippen LogP) is 4.43. The average molecular weight is 420 g/mol. The van der Waals surface area contributed by atoms with Crippen LogP contribution < -0.4 is 14.8 Å². The molecule has 160 valence electrons. The summed E-state index contributed by atoms with van der Waals surface area (Å²) < 4.78 is 25.0. The summed E-state index contributed by atoms with van der Waals surface area (Å²) in [7, 11) is 3.24. The number of amides is 1. The predicted molar refractivity (Wildman–Crippen MR) is 118 cm³/mol. The minimum atomic E-state index is -0.448. The highest BCUT2D eigenvalue weighted by Gasteiger charge is 2.31. The molecule has 0 aromatic heterocycles. The highest BCUT2D eigenvalue weighted by atomic mass is 19.1. The van der Waals surface area contributed by atoms with Crippen molar-refractivity contribution in [2.24, 2.45) is 0 Å². The first kappa shape index (κ1) is 20.9. The maximum Gasteiger partial charge on any atom is 0.238 e. The molecule has 1 heterocycles. The van der Waals surface area contributed by atoms with Crippen LogP contribution in [0.25, 0.3) is 0 Å². The monoisotopic (exact) mass is 420 g/mol. The smallest absolute Gasteiger partial charge is 0.238 e. The third-order valence-electron chi connectivity index (χ3n) is 5.58. The lowest BCUT2D eigenvalue weighted by Crippen LogP contribution is -2.41. The third-order valence-corrected chi connectivity index (χ3v) is 5.58. The molecule has 1 atom stereocenters. The molecule has 3 aromatic carbocycles. The van der Waals surface area contributed by atoms with E-state index >= 15 is 0 Å². The molecule has 0 bridgehead atoms. The summed E-state index contributed by atoms with van der Waals surface area (Å²) in [6.07, 6.45) is 0.770. The van der Waals surface area contributed by atoms with Crippen LogP contribution in [0.3, 0.4) is 0 Å². The molecule has 0 fully saturated rings. The van der Waals surface area contributed by atoms with Gasteiger partial charge in [-0.25, -0.2) is 4.39 Å². The second-order valence-corrected chi connectivity index (χ2v) is 7.47. The van der Waals surface area contributed by atoms with Crippen LogP contribution >= 0.6 is 0 Å². The van der Waals surface area contributed by atoms with Crippen LogP contribution in [0.15, 0.2) is 66.7 Å². The number of nitrogens with zero attached hydrogens (tertiary/aromatic N) is 1. The van der Waals surface area contributed by atoms with Gasteiger partial charge in [-0.1, -0.05) is 42.5 Å². The van der Waals surface area contributed by atoms with Crippen molar-refractivity contribution in [1.29, 1.82) is 0 Å². The normalized spacial score (nSPS) is 15.8. The number of anilines is 1. The second-order valence-electron chi connectivity index (χ2n) is 7.47. The van der Waals surface area contributed by atoms with Crippen LogP contribution in [0.5, 0.6) is 11.5 Å². The Hall–Kier alpha value is -3.38. The molecule has 1 N–H and O–H groups in total. The lowest BCUT2D eigenvalue weighted by Gasteiger charge is -2.37. The number of hydrogen-bond acceptors (Lipinski definition) is 4. The number of nitrogens with one attached hydrogen (secondary N) is 1. The lowest BCUT2D eigenvalue weighted by molar-refractivity contribution is -0.117. The molecule has 0 saturated heterocycles. The van der Waals surface area contributed by atoms with Crippen LogP contribution in [-0.2, 0) is 11.2 Å². The van der Waals surface area contributed by atoms with Crippen molar-refractivity contribution in [2.45, 2.75) is 12.5 Å². The topological polar surface area (TPSA) is 50.8 Å². The van der Waals surface area contributed by atoms with Crippen LogP contribution in [0, 0.1) is 5.82 Å². The Kier molecular flexibility index (Phi) is 6.18. The Labute approximate surface area is 181 Å². The number of hydrogen-bond donors (Lipinski definition) is 1. The van der Waals surface area contributed by atoms with E-state index in [1.165, 1.54) is 6.07 Å². The molecule has 4 rings (SSSR count). The number of halogens is 1. The summed E-state index contributed by atoms with van der Waals surface area (Å²) in [5, 5.41) is 2.69. The van der Waals surface area contributed by atoms with E-state index in [9.17, 15) is 9.18 Å². The van der Waals surface area contributed by atoms with Gasteiger partial charge in [0.05, 0.1) is 32.5 Å². The number of fused-ring (bicyclic) bond motifs is 1. The maximum absolute atomic E-state index is 14.0. The SMILES string of the molecule is COc1cc2c(cc1OC)[C@@H](c1ccccc1)N(CC(=O)Nc1ccccc1F)CC2. The van der Waals surface area contributed by atoms with E-state index in [0.717, 1.165) is 23.1 Å². The Morgan fingerprint density at radius 3 is 2.42 bits per heavy atom. The molecule has 0 spiro atoms. The Morgan fingerprint density at radius 1 is 1.03 bits per heavy atom. The van der Waals surface area contributed by atoms with Gasteiger partial charge in [-0.2, -0.15) is 0 Å². The molecule has 6 heteroatoms. The number of carbonyl (C=O) groups is 1. The zero-order valence-corrected chi connectivity index (χ0v) is 17.6. The Morgan fingerprint density at radius 2 is 1.71 bits per heavy atom. The maximum atomic E-state index is 14.0. The molecule has 1 aliphatic rings. The molecule has 5 nitrogen and oxygen atoms in total. The first-order valence-electron chi connectivity index (χ1n) is 10.2. The van der Waals surface area contributed by atoms with E-state index in [1.807, 2.05) is 30.3 Å². The lowest BCUT2D eigenvalue weighted by atomic mass is 9.87. The fourth-order valence-corrected chi connectivity index (χ4v) is 4.13.